The third-order valence-electron chi connectivity index (χ3n) is 2.23. The maximum Gasteiger partial charge on any atom is 0.453 e. The Morgan fingerprint density at radius 2 is 1.64 bits per heavy atom. The average Bonchev–Trinajstić information content (AvgIpc) is 1.95. The maximum atomic E-state index is 12.4. The van der Waals surface area contributed by atoms with Gasteiger partial charge in [0.2, 0.25) is 0 Å². The largest absolute Gasteiger partial charge is 0.453 e. The van der Waals surface area contributed by atoms with Gasteiger partial charge in [-0.1, -0.05) is 0 Å². The molecule has 0 spiro atoms. The van der Waals surface area contributed by atoms with Crippen molar-refractivity contribution in [3.8, 4) is 0 Å². The lowest BCUT2D eigenvalue weighted by atomic mass is 9.90. The van der Waals surface area contributed by atoms with E-state index in [1.807, 2.05) is 0 Å². The van der Waals surface area contributed by atoms with Crippen LogP contribution in [0.3, 0.4) is 0 Å². The van der Waals surface area contributed by atoms with Gasteiger partial charge >= 0.3 is 12.1 Å². The summed E-state index contributed by atoms with van der Waals surface area (Å²) in [6.07, 6.45) is -7.44. The van der Waals surface area contributed by atoms with E-state index in [4.69, 9.17) is 0 Å². The standard InChI is InChI=1S/C7H10F5NO/c8-6(9,7(10,11)12)2-1-5(14)3-13-4-5/h13-14H,1-4H2. The molecule has 1 saturated heterocycles. The van der Waals surface area contributed by atoms with Crippen LogP contribution in [0.15, 0.2) is 0 Å². The highest BCUT2D eigenvalue weighted by Crippen LogP contribution is 2.40. The summed E-state index contributed by atoms with van der Waals surface area (Å²) in [5, 5.41) is 11.9. The molecule has 1 fully saturated rings. The molecule has 1 aliphatic heterocycles. The summed E-state index contributed by atoms with van der Waals surface area (Å²) in [5.74, 6) is -4.71. The average molecular weight is 219 g/mol. The van der Waals surface area contributed by atoms with Crippen molar-refractivity contribution in [2.24, 2.45) is 0 Å². The van der Waals surface area contributed by atoms with E-state index in [2.05, 4.69) is 5.32 Å². The van der Waals surface area contributed by atoms with Gasteiger partial charge in [-0.05, 0) is 6.42 Å². The molecule has 2 N–H and O–H groups in total. The van der Waals surface area contributed by atoms with Gasteiger partial charge < -0.3 is 10.4 Å². The van der Waals surface area contributed by atoms with E-state index in [9.17, 15) is 27.1 Å². The maximum absolute atomic E-state index is 12.4. The summed E-state index contributed by atoms with van der Waals surface area (Å²) >= 11 is 0. The first-order valence-corrected chi connectivity index (χ1v) is 4.04. The van der Waals surface area contributed by atoms with Crippen LogP contribution in [0.1, 0.15) is 12.8 Å². The third-order valence-corrected chi connectivity index (χ3v) is 2.23. The minimum absolute atomic E-state index is 0.0704. The van der Waals surface area contributed by atoms with Gasteiger partial charge in [-0.25, -0.2) is 0 Å². The minimum Gasteiger partial charge on any atom is -0.387 e. The highest BCUT2D eigenvalue weighted by atomic mass is 19.4. The molecule has 0 radical (unpaired) electrons. The van der Waals surface area contributed by atoms with Crippen molar-refractivity contribution in [2.75, 3.05) is 13.1 Å². The highest BCUT2D eigenvalue weighted by molar-refractivity contribution is 4.94. The Kier molecular flexibility index (Phi) is 2.75. The Hall–Kier alpha value is -0.430. The Morgan fingerprint density at radius 1 is 1.14 bits per heavy atom. The van der Waals surface area contributed by atoms with Crippen LogP contribution in [-0.4, -0.2) is 35.9 Å². The molecular weight excluding hydrogens is 209 g/mol. The number of hydrogen-bond acceptors (Lipinski definition) is 2. The van der Waals surface area contributed by atoms with Gasteiger partial charge in [0.15, 0.2) is 0 Å². The second kappa shape index (κ2) is 3.30. The van der Waals surface area contributed by atoms with Crippen LogP contribution in [0.2, 0.25) is 0 Å². The summed E-state index contributed by atoms with van der Waals surface area (Å²) in [7, 11) is 0. The zero-order chi connectivity index (χ0) is 11.0. The van der Waals surface area contributed by atoms with E-state index < -0.39 is 30.5 Å². The molecule has 0 unspecified atom stereocenters. The predicted octanol–water partition coefficient (Wildman–Crippen LogP) is 1.30. The fourth-order valence-corrected chi connectivity index (χ4v) is 1.12. The quantitative estimate of drug-likeness (QED) is 0.701. The van der Waals surface area contributed by atoms with Crippen LogP contribution in [0.5, 0.6) is 0 Å². The first-order chi connectivity index (χ1) is 6.16. The lowest BCUT2D eigenvalue weighted by Gasteiger charge is -2.38. The van der Waals surface area contributed by atoms with Gasteiger partial charge in [-0.3, -0.25) is 0 Å². The molecular formula is C7H10F5NO. The van der Waals surface area contributed by atoms with Gasteiger partial charge in [-0.15, -0.1) is 0 Å². The molecule has 1 aliphatic rings. The molecule has 0 aromatic rings. The van der Waals surface area contributed by atoms with Gasteiger partial charge in [-0.2, -0.15) is 22.0 Å². The first kappa shape index (κ1) is 11.6. The molecule has 0 aromatic carbocycles. The number of β-amino-alcohol motifs (C(OH)–C–C–N with tert-alkyl or cyclic N) is 1. The Labute approximate surface area is 77.1 Å². The van der Waals surface area contributed by atoms with Crippen molar-refractivity contribution in [2.45, 2.75) is 30.5 Å². The molecule has 2 nitrogen and oxygen atoms in total. The Morgan fingerprint density at radius 3 is 1.93 bits per heavy atom. The summed E-state index contributed by atoms with van der Waals surface area (Å²) in [6.45, 7) is 0.141. The molecule has 7 heteroatoms. The molecule has 14 heavy (non-hydrogen) atoms. The van der Waals surface area contributed by atoms with Crippen LogP contribution < -0.4 is 5.32 Å². The van der Waals surface area contributed by atoms with E-state index in [1.54, 1.807) is 0 Å². The second-order valence-electron chi connectivity index (χ2n) is 3.53. The number of alkyl halides is 5. The van der Waals surface area contributed by atoms with Crippen molar-refractivity contribution in [3.63, 3.8) is 0 Å². The topological polar surface area (TPSA) is 32.3 Å². The normalized spacial score (nSPS) is 21.9. The number of aliphatic hydroxyl groups is 1. The molecule has 0 bridgehead atoms. The summed E-state index contributed by atoms with van der Waals surface area (Å²) in [4.78, 5) is 0. The Balaban J connectivity index is 2.44. The number of halogens is 5. The fraction of sp³-hybridized carbons (Fsp3) is 1.00. The van der Waals surface area contributed by atoms with Crippen molar-refractivity contribution in [1.82, 2.24) is 5.32 Å². The zero-order valence-electron chi connectivity index (χ0n) is 7.17. The van der Waals surface area contributed by atoms with E-state index in [1.165, 1.54) is 0 Å². The molecule has 0 aromatic heterocycles. The van der Waals surface area contributed by atoms with Crippen LogP contribution >= 0.6 is 0 Å². The molecule has 0 saturated carbocycles. The van der Waals surface area contributed by atoms with Gasteiger partial charge in [0.1, 0.15) is 0 Å². The van der Waals surface area contributed by atoms with Crippen LogP contribution in [0.4, 0.5) is 22.0 Å². The van der Waals surface area contributed by atoms with Crippen molar-refractivity contribution >= 4 is 0 Å². The SMILES string of the molecule is OC1(CCC(F)(F)C(F)(F)F)CNC1. The first-order valence-electron chi connectivity index (χ1n) is 4.04. The molecule has 1 heterocycles. The number of nitrogens with one attached hydrogen (secondary N) is 1. The minimum atomic E-state index is -5.53. The summed E-state index contributed by atoms with van der Waals surface area (Å²) in [5.41, 5.74) is -1.39. The van der Waals surface area contributed by atoms with Crippen LogP contribution in [0.25, 0.3) is 0 Å². The third kappa shape index (κ3) is 2.33. The van der Waals surface area contributed by atoms with Crippen LogP contribution in [0, 0.1) is 0 Å². The van der Waals surface area contributed by atoms with Crippen LogP contribution in [-0.2, 0) is 0 Å². The molecule has 0 atom stereocenters. The van der Waals surface area contributed by atoms with Crippen molar-refractivity contribution in [3.05, 3.63) is 0 Å². The van der Waals surface area contributed by atoms with Crippen molar-refractivity contribution < 1.29 is 27.1 Å². The molecule has 0 amide bonds. The predicted molar refractivity (Wildman–Crippen MR) is 38.1 cm³/mol. The Bertz CT molecular complexity index is 211. The van der Waals surface area contributed by atoms with E-state index in [-0.39, 0.29) is 13.1 Å². The van der Waals surface area contributed by atoms with E-state index in [0.717, 1.165) is 0 Å². The number of rotatable bonds is 3. The van der Waals surface area contributed by atoms with E-state index in [0.29, 0.717) is 0 Å². The zero-order valence-corrected chi connectivity index (χ0v) is 7.17. The van der Waals surface area contributed by atoms with Gasteiger partial charge in [0.05, 0.1) is 5.60 Å². The van der Waals surface area contributed by atoms with Gasteiger partial charge in [0.25, 0.3) is 0 Å². The smallest absolute Gasteiger partial charge is 0.387 e. The number of hydrogen-bond donors (Lipinski definition) is 2. The lowest BCUT2D eigenvalue weighted by Crippen LogP contribution is -2.60. The monoisotopic (exact) mass is 219 g/mol. The van der Waals surface area contributed by atoms with Gasteiger partial charge in [0, 0.05) is 19.5 Å². The summed E-state index contributed by atoms with van der Waals surface area (Å²) in [6, 6.07) is 0. The van der Waals surface area contributed by atoms with E-state index >= 15 is 0 Å². The second-order valence-corrected chi connectivity index (χ2v) is 3.53. The fourth-order valence-electron chi connectivity index (χ4n) is 1.12. The summed E-state index contributed by atoms with van der Waals surface area (Å²) < 4.78 is 59.8. The molecule has 0 aliphatic carbocycles. The lowest BCUT2D eigenvalue weighted by molar-refractivity contribution is -0.287. The molecule has 84 valence electrons. The highest BCUT2D eigenvalue weighted by Gasteiger charge is 2.57. The van der Waals surface area contributed by atoms with Crippen molar-refractivity contribution in [1.29, 1.82) is 0 Å². The molecule has 1 rings (SSSR count).